The van der Waals surface area contributed by atoms with Gasteiger partial charge in [-0.15, -0.1) is 0 Å². The third-order valence-corrected chi connectivity index (χ3v) is 5.93. The van der Waals surface area contributed by atoms with Crippen molar-refractivity contribution in [2.24, 2.45) is 0 Å². The van der Waals surface area contributed by atoms with Gasteiger partial charge in [0, 0.05) is 5.56 Å². The number of rotatable bonds is 1. The Morgan fingerprint density at radius 2 is 1.45 bits per heavy atom. The molecule has 4 aromatic carbocycles. The molecule has 1 aliphatic carbocycles. The molecule has 0 saturated heterocycles. The second kappa shape index (κ2) is 5.11. The average Bonchev–Trinajstić information content (AvgIpc) is 3.55. The average molecular weight is 376 g/mol. The van der Waals surface area contributed by atoms with Crippen molar-refractivity contribution in [1.82, 2.24) is 0 Å². The topological polar surface area (TPSA) is 47.7 Å². The fourth-order valence-corrected chi connectivity index (χ4v) is 4.50. The monoisotopic (exact) mass is 376 g/mol. The molecule has 4 aromatic rings. The van der Waals surface area contributed by atoms with Gasteiger partial charge in [-0.3, -0.25) is 4.90 Å². The normalized spacial score (nSPS) is 14.0. The highest BCUT2D eigenvalue weighted by atomic mass is 16.5. The Balaban J connectivity index is 1.55. The van der Waals surface area contributed by atoms with Crippen molar-refractivity contribution in [2.45, 2.75) is 6.42 Å². The molecule has 0 spiro atoms. The molecule has 4 heteroatoms. The molecule has 0 bridgehead atoms. The Kier molecular flexibility index (Phi) is 2.66. The first-order chi connectivity index (χ1) is 14.3. The molecule has 0 fully saturated rings. The number of fused-ring (bicyclic) bond motifs is 5. The summed E-state index contributed by atoms with van der Waals surface area (Å²) in [7, 11) is 0. The molecule has 7 rings (SSSR count). The molecule has 3 aliphatic rings. The van der Waals surface area contributed by atoms with Crippen molar-refractivity contribution >= 4 is 22.7 Å². The smallest absolute Gasteiger partial charge is 0.178 e. The zero-order valence-corrected chi connectivity index (χ0v) is 15.5. The SMILES string of the molecule is Nc1c(-c2cccc3c2C3)cc2c3c1Oc1ccccc1N3c1ccccc1O2. The van der Waals surface area contributed by atoms with Gasteiger partial charge in [-0.05, 0) is 53.4 Å². The van der Waals surface area contributed by atoms with Gasteiger partial charge in [0.2, 0.25) is 0 Å². The van der Waals surface area contributed by atoms with Crippen LogP contribution in [0.4, 0.5) is 22.7 Å². The van der Waals surface area contributed by atoms with Crippen LogP contribution in [-0.2, 0) is 6.42 Å². The van der Waals surface area contributed by atoms with Gasteiger partial charge in [0.25, 0.3) is 0 Å². The second-order valence-corrected chi connectivity index (χ2v) is 7.61. The van der Waals surface area contributed by atoms with E-state index in [2.05, 4.69) is 41.3 Å². The number of benzene rings is 4. The first-order valence-electron chi connectivity index (χ1n) is 9.71. The number of nitrogens with two attached hydrogens (primary N) is 1. The highest BCUT2D eigenvalue weighted by Gasteiger charge is 2.37. The molecule has 138 valence electrons. The molecule has 4 nitrogen and oxygen atoms in total. The van der Waals surface area contributed by atoms with Crippen LogP contribution < -0.4 is 20.1 Å². The van der Waals surface area contributed by atoms with Crippen molar-refractivity contribution in [2.75, 3.05) is 10.6 Å². The maximum absolute atomic E-state index is 6.71. The van der Waals surface area contributed by atoms with Crippen LogP contribution in [0.1, 0.15) is 11.1 Å². The Hall–Kier alpha value is -3.92. The number of para-hydroxylation sites is 4. The van der Waals surface area contributed by atoms with E-state index >= 15 is 0 Å². The van der Waals surface area contributed by atoms with Gasteiger partial charge < -0.3 is 15.2 Å². The fraction of sp³-hybridized carbons (Fsp3) is 0.0400. The van der Waals surface area contributed by atoms with Gasteiger partial charge in [-0.25, -0.2) is 0 Å². The van der Waals surface area contributed by atoms with Gasteiger partial charge in [-0.1, -0.05) is 42.5 Å². The first-order valence-corrected chi connectivity index (χ1v) is 9.71. The van der Waals surface area contributed by atoms with E-state index in [9.17, 15) is 0 Å². The molecular formula is C25H16N2O2. The third-order valence-electron chi connectivity index (χ3n) is 5.93. The molecule has 2 heterocycles. The quantitative estimate of drug-likeness (QED) is 0.331. The summed E-state index contributed by atoms with van der Waals surface area (Å²) < 4.78 is 12.7. The summed E-state index contributed by atoms with van der Waals surface area (Å²) in [5.74, 6) is 3.03. The lowest BCUT2D eigenvalue weighted by atomic mass is 9.98. The van der Waals surface area contributed by atoms with Crippen molar-refractivity contribution in [1.29, 1.82) is 0 Å². The first kappa shape index (κ1) is 15.1. The molecule has 0 amide bonds. The van der Waals surface area contributed by atoms with E-state index in [-0.39, 0.29) is 0 Å². The van der Waals surface area contributed by atoms with Crippen LogP contribution in [0.25, 0.3) is 11.1 Å². The van der Waals surface area contributed by atoms with Gasteiger partial charge in [-0.2, -0.15) is 0 Å². The van der Waals surface area contributed by atoms with E-state index in [0.717, 1.165) is 51.9 Å². The summed E-state index contributed by atoms with van der Waals surface area (Å²) in [6, 6.07) is 24.5. The predicted octanol–water partition coefficient (Wildman–Crippen LogP) is 6.52. The number of ether oxygens (including phenoxy) is 2. The van der Waals surface area contributed by atoms with Crippen molar-refractivity contribution < 1.29 is 9.47 Å². The molecule has 2 aliphatic heterocycles. The minimum atomic E-state index is 0.645. The number of hydrogen-bond donors (Lipinski definition) is 1. The van der Waals surface area contributed by atoms with E-state index in [1.807, 2.05) is 36.4 Å². The number of nitrogens with zero attached hydrogens (tertiary/aromatic N) is 1. The van der Waals surface area contributed by atoms with Gasteiger partial charge in [0.1, 0.15) is 5.69 Å². The van der Waals surface area contributed by atoms with Gasteiger partial charge >= 0.3 is 0 Å². The van der Waals surface area contributed by atoms with Crippen molar-refractivity contribution in [3.63, 3.8) is 0 Å². The summed E-state index contributed by atoms with van der Waals surface area (Å²) in [5, 5.41) is 0. The lowest BCUT2D eigenvalue weighted by molar-refractivity contribution is 0.447. The number of nitrogen functional groups attached to an aromatic ring is 1. The molecule has 0 radical (unpaired) electrons. The van der Waals surface area contributed by atoms with Crippen LogP contribution in [0.2, 0.25) is 0 Å². The highest BCUT2D eigenvalue weighted by molar-refractivity contribution is 6.00. The van der Waals surface area contributed by atoms with Crippen molar-refractivity contribution in [3.05, 3.63) is 83.9 Å². The van der Waals surface area contributed by atoms with Gasteiger partial charge in [0.05, 0.1) is 17.1 Å². The highest BCUT2D eigenvalue weighted by Crippen LogP contribution is 2.62. The van der Waals surface area contributed by atoms with Gasteiger partial charge in [0.15, 0.2) is 23.0 Å². The van der Waals surface area contributed by atoms with Crippen molar-refractivity contribution in [3.8, 4) is 34.1 Å². The van der Waals surface area contributed by atoms with Crippen LogP contribution in [0.3, 0.4) is 0 Å². The largest absolute Gasteiger partial charge is 0.453 e. The van der Waals surface area contributed by atoms with Crippen LogP contribution in [0, 0.1) is 0 Å². The van der Waals surface area contributed by atoms with E-state index in [1.165, 1.54) is 11.1 Å². The summed E-state index contributed by atoms with van der Waals surface area (Å²) in [4.78, 5) is 2.19. The molecule has 29 heavy (non-hydrogen) atoms. The number of hydrogen-bond acceptors (Lipinski definition) is 4. The van der Waals surface area contributed by atoms with Crippen LogP contribution >= 0.6 is 0 Å². The molecule has 2 N–H and O–H groups in total. The summed E-state index contributed by atoms with van der Waals surface area (Å²) in [6.07, 6.45) is 1.02. The zero-order valence-electron chi connectivity index (χ0n) is 15.5. The summed E-state index contributed by atoms with van der Waals surface area (Å²) in [5.41, 5.74) is 15.0. The maximum atomic E-state index is 6.71. The van der Waals surface area contributed by atoms with Crippen LogP contribution in [-0.4, -0.2) is 0 Å². The lowest BCUT2D eigenvalue weighted by Gasteiger charge is -2.38. The molecule has 0 atom stereocenters. The van der Waals surface area contributed by atoms with E-state index in [4.69, 9.17) is 15.2 Å². The molecular weight excluding hydrogens is 360 g/mol. The summed E-state index contributed by atoms with van der Waals surface area (Å²) in [6.45, 7) is 0. The van der Waals surface area contributed by atoms with E-state index < -0.39 is 0 Å². The minimum absolute atomic E-state index is 0.645. The standard InChI is InChI=1S/C25H16N2O2/c26-23-17(15-7-5-6-14-12-16(14)15)13-22-24-25(23)29-21-11-4-2-9-19(21)27(24)18-8-1-3-10-20(18)28-22/h1-11,13H,12,26H2. The summed E-state index contributed by atoms with van der Waals surface area (Å²) >= 11 is 0. The maximum Gasteiger partial charge on any atom is 0.178 e. The molecule has 0 aromatic heterocycles. The minimum Gasteiger partial charge on any atom is -0.453 e. The fourth-order valence-electron chi connectivity index (χ4n) is 4.50. The van der Waals surface area contributed by atoms with E-state index in [1.54, 1.807) is 0 Å². The Morgan fingerprint density at radius 3 is 2.24 bits per heavy atom. The zero-order chi connectivity index (χ0) is 19.1. The molecule has 0 unspecified atom stereocenters. The van der Waals surface area contributed by atoms with Crippen LogP contribution in [0.15, 0.2) is 72.8 Å². The Bertz CT molecular complexity index is 1350. The second-order valence-electron chi connectivity index (χ2n) is 7.61. The Labute approximate surface area is 167 Å². The lowest BCUT2D eigenvalue weighted by Crippen LogP contribution is -2.21. The van der Waals surface area contributed by atoms with E-state index in [0.29, 0.717) is 11.4 Å². The predicted molar refractivity (Wildman–Crippen MR) is 114 cm³/mol. The Morgan fingerprint density at radius 1 is 0.724 bits per heavy atom. The number of anilines is 4. The molecule has 0 saturated carbocycles. The third kappa shape index (κ3) is 1.93. The van der Waals surface area contributed by atoms with Crippen LogP contribution in [0.5, 0.6) is 23.0 Å².